The SMILES string of the molecule is Cc1cc2c(cc1N1c3cc4sc5cc6c(cc5c4cc3B3c4c1cc1c(oc5ccccc51)c4-c1cc(N(c4ccc(C(C)(C)C)cc4)c4ccc(C(C)(C)C)cc4)ccc1N3c1ccc3c(c1)C(C)(C)CCC3(C)C)C(C)(C)CCC6(C)C)C(C)(C)CCC2(C)C. The Morgan fingerprint density at radius 2 is 0.935 bits per heavy atom. The molecule has 5 aliphatic rings. The first-order chi connectivity index (χ1) is 43.7. The van der Waals surface area contributed by atoms with E-state index in [9.17, 15) is 0 Å². The van der Waals surface area contributed by atoms with Crippen LogP contribution in [0.2, 0.25) is 0 Å². The van der Waals surface area contributed by atoms with Crippen LogP contribution in [-0.2, 0) is 43.3 Å². The van der Waals surface area contributed by atoms with Crippen LogP contribution < -0.4 is 25.5 Å². The molecular weight excluding hydrogens is 1150 g/mol. The van der Waals surface area contributed by atoms with Gasteiger partial charge in [-0.05, 0) is 241 Å². The van der Waals surface area contributed by atoms with Gasteiger partial charge in [-0.3, -0.25) is 0 Å². The summed E-state index contributed by atoms with van der Waals surface area (Å²) in [7, 11) is 0. The van der Waals surface area contributed by atoms with Crippen LogP contribution in [0, 0.1) is 6.92 Å². The van der Waals surface area contributed by atoms with E-state index in [-0.39, 0.29) is 50.2 Å². The molecule has 0 saturated heterocycles. The van der Waals surface area contributed by atoms with Crippen LogP contribution in [0.3, 0.4) is 0 Å². The number of fused-ring (bicyclic) bond motifs is 14. The van der Waals surface area contributed by atoms with Gasteiger partial charge in [-0.2, -0.15) is 0 Å². The molecule has 0 bridgehead atoms. The lowest BCUT2D eigenvalue weighted by atomic mass is 9.43. The summed E-state index contributed by atoms with van der Waals surface area (Å²) in [5, 5.41) is 4.98. The molecule has 0 saturated carbocycles. The van der Waals surface area contributed by atoms with Crippen LogP contribution in [0.25, 0.3) is 53.2 Å². The Kier molecular flexibility index (Phi) is 12.9. The molecule has 93 heavy (non-hydrogen) atoms. The number of hydrogen-bond acceptors (Lipinski definition) is 5. The number of aryl methyl sites for hydroxylation is 1. The van der Waals surface area contributed by atoms with Crippen molar-refractivity contribution in [1.29, 1.82) is 0 Å². The summed E-state index contributed by atoms with van der Waals surface area (Å²) in [5.74, 6) is 0. The molecule has 3 aliphatic carbocycles. The number of para-hydroxylation sites is 1. The second-order valence-electron chi connectivity index (χ2n) is 35.0. The van der Waals surface area contributed by atoms with Gasteiger partial charge in [0.15, 0.2) is 0 Å². The van der Waals surface area contributed by atoms with Crippen LogP contribution >= 0.6 is 11.3 Å². The zero-order valence-electron chi connectivity index (χ0n) is 58.9. The van der Waals surface area contributed by atoms with Gasteiger partial charge in [-0.1, -0.05) is 185 Å². The van der Waals surface area contributed by atoms with Crippen molar-refractivity contribution in [2.75, 3.05) is 14.6 Å². The summed E-state index contributed by atoms with van der Waals surface area (Å²) in [5.41, 5.74) is 29.3. The number of rotatable bonds is 5. The summed E-state index contributed by atoms with van der Waals surface area (Å²) < 4.78 is 10.2. The lowest BCUT2D eigenvalue weighted by molar-refractivity contribution is 0.332. The molecule has 0 atom stereocenters. The molecular formula is C87H94BN3OS. The van der Waals surface area contributed by atoms with Crippen molar-refractivity contribution in [3.8, 4) is 11.1 Å². The fourth-order valence-corrected chi connectivity index (χ4v) is 18.7. The zero-order chi connectivity index (χ0) is 65.4. The molecule has 0 radical (unpaired) electrons. The number of anilines is 8. The lowest BCUT2D eigenvalue weighted by Gasteiger charge is -2.48. The maximum atomic E-state index is 7.54. The average Bonchev–Trinajstić information content (AvgIpc) is 1.66. The van der Waals surface area contributed by atoms with Gasteiger partial charge in [0.1, 0.15) is 11.2 Å². The molecule has 16 rings (SSSR count). The van der Waals surface area contributed by atoms with E-state index < -0.39 is 0 Å². The van der Waals surface area contributed by atoms with Crippen molar-refractivity contribution in [3.63, 3.8) is 0 Å². The van der Waals surface area contributed by atoms with E-state index in [4.69, 9.17) is 4.42 Å². The van der Waals surface area contributed by atoms with Gasteiger partial charge in [0.2, 0.25) is 0 Å². The van der Waals surface area contributed by atoms with Crippen molar-refractivity contribution in [2.24, 2.45) is 0 Å². The van der Waals surface area contributed by atoms with E-state index in [1.54, 1.807) is 0 Å². The summed E-state index contributed by atoms with van der Waals surface area (Å²) in [4.78, 5) is 8.02. The normalized spacial score (nSPS) is 18.7. The minimum absolute atomic E-state index is 0.00232. The fraction of sp³-hybridized carbons (Fsp3) is 0.379. The molecule has 0 unspecified atom stereocenters. The Hall–Kier alpha value is -7.54. The largest absolute Gasteiger partial charge is 0.455 e. The van der Waals surface area contributed by atoms with Gasteiger partial charge < -0.3 is 19.0 Å². The van der Waals surface area contributed by atoms with E-state index in [1.807, 2.05) is 11.3 Å². The Balaban J connectivity index is 1.06. The third-order valence-electron chi connectivity index (χ3n) is 23.9. The van der Waals surface area contributed by atoms with Crippen LogP contribution in [0.1, 0.15) is 213 Å². The minimum atomic E-state index is -0.248. The minimum Gasteiger partial charge on any atom is -0.455 e. The standard InChI is InChI=1S/C87H94BN3OS/c1-51-42-64-67(86(16,17)40-38-83(64,10)11)48-71(51)90-72-50-76-60(59-45-66-68(49-75(59)93-76)87(18,19)41-39-85(66,14)15)46-69(72)88-78-73(90)47-61-58-22-20-21-23-74(58)92-79(61)77(78)62-43-56(33-35-70(62)91(88)57-32-34-63-65(44-57)84(12,13)37-36-82(63,8)9)89(54-28-24-52(25-29-54)80(2,3)4)55-30-26-53(27-31-55)81(5,6)7/h20-35,42-50H,36-41H2,1-19H3. The van der Waals surface area contributed by atoms with E-state index in [1.165, 1.54) is 128 Å². The average molecular weight is 1240 g/mol. The van der Waals surface area contributed by atoms with Gasteiger partial charge in [0.25, 0.3) is 0 Å². The Morgan fingerprint density at radius 1 is 0.430 bits per heavy atom. The second kappa shape index (κ2) is 19.8. The van der Waals surface area contributed by atoms with Crippen LogP contribution in [0.5, 0.6) is 0 Å². The molecule has 2 aliphatic heterocycles. The van der Waals surface area contributed by atoms with Crippen molar-refractivity contribution < 1.29 is 4.42 Å². The maximum Gasteiger partial charge on any atom is 0.333 e. The highest BCUT2D eigenvalue weighted by atomic mass is 32.1. The molecule has 11 aromatic rings. The number of hydrogen-bond donors (Lipinski definition) is 0. The molecule has 0 fully saturated rings. The number of nitrogens with zero attached hydrogens (tertiary/aromatic N) is 3. The topological polar surface area (TPSA) is 22.9 Å². The molecule has 0 amide bonds. The number of benzene rings is 9. The highest BCUT2D eigenvalue weighted by molar-refractivity contribution is 7.26. The molecule has 2 aromatic heterocycles. The third-order valence-corrected chi connectivity index (χ3v) is 25.0. The molecule has 6 heteroatoms. The molecule has 0 N–H and O–H groups in total. The van der Waals surface area contributed by atoms with Crippen LogP contribution in [0.15, 0.2) is 156 Å². The summed E-state index contributed by atoms with van der Waals surface area (Å²) >= 11 is 1.99. The molecule has 4 heterocycles. The Bertz CT molecular complexity index is 4910. The second-order valence-corrected chi connectivity index (χ2v) is 36.1. The first-order valence-electron chi connectivity index (χ1n) is 34.8. The first kappa shape index (κ1) is 60.4. The molecule has 472 valence electrons. The van der Waals surface area contributed by atoms with Crippen molar-refractivity contribution in [3.05, 3.63) is 202 Å². The van der Waals surface area contributed by atoms with Gasteiger partial charge in [0, 0.05) is 87.6 Å². The quantitative estimate of drug-likeness (QED) is 0.160. The van der Waals surface area contributed by atoms with Gasteiger partial charge in [-0.15, -0.1) is 11.3 Å². The predicted octanol–water partition coefficient (Wildman–Crippen LogP) is 24.1. The van der Waals surface area contributed by atoms with Crippen LogP contribution in [0.4, 0.5) is 45.5 Å². The fourth-order valence-electron chi connectivity index (χ4n) is 17.5. The smallest absolute Gasteiger partial charge is 0.333 e. The van der Waals surface area contributed by atoms with Crippen molar-refractivity contribution in [2.45, 2.75) is 213 Å². The van der Waals surface area contributed by atoms with Crippen molar-refractivity contribution in [1.82, 2.24) is 0 Å². The van der Waals surface area contributed by atoms with E-state index in [2.05, 4.69) is 298 Å². The van der Waals surface area contributed by atoms with Gasteiger partial charge in [0.05, 0.1) is 0 Å². The van der Waals surface area contributed by atoms with Crippen LogP contribution in [-0.4, -0.2) is 6.85 Å². The third kappa shape index (κ3) is 9.16. The van der Waals surface area contributed by atoms with E-state index in [0.29, 0.717) is 0 Å². The van der Waals surface area contributed by atoms with Crippen molar-refractivity contribution >= 4 is 117 Å². The highest BCUT2D eigenvalue weighted by Gasteiger charge is 2.49. The Labute approximate surface area is 558 Å². The molecule has 9 aromatic carbocycles. The zero-order valence-corrected chi connectivity index (χ0v) is 59.7. The van der Waals surface area contributed by atoms with Gasteiger partial charge in [-0.25, -0.2) is 0 Å². The summed E-state index contributed by atoms with van der Waals surface area (Å²) in [6.07, 6.45) is 6.95. The summed E-state index contributed by atoms with van der Waals surface area (Å²) in [6, 6.07) is 60.8. The molecule has 0 spiro atoms. The molecule has 4 nitrogen and oxygen atoms in total. The first-order valence-corrected chi connectivity index (χ1v) is 35.6. The summed E-state index contributed by atoms with van der Waals surface area (Å²) in [6.45, 7) is 45.7. The lowest BCUT2D eigenvalue weighted by Crippen LogP contribution is -2.61. The number of furan rings is 1. The number of thiophene rings is 1. The monoisotopic (exact) mass is 1240 g/mol. The Morgan fingerprint density at radius 3 is 1.53 bits per heavy atom. The predicted molar refractivity (Wildman–Crippen MR) is 403 cm³/mol. The van der Waals surface area contributed by atoms with E-state index in [0.717, 1.165) is 70.2 Å². The maximum absolute atomic E-state index is 7.54. The van der Waals surface area contributed by atoms with E-state index >= 15 is 0 Å². The highest BCUT2D eigenvalue weighted by Crippen LogP contribution is 2.58. The van der Waals surface area contributed by atoms with Gasteiger partial charge >= 0.3 is 6.85 Å².